The van der Waals surface area contributed by atoms with E-state index in [4.69, 9.17) is 28.1 Å². The molecule has 0 bridgehead atoms. The van der Waals surface area contributed by atoms with Crippen LogP contribution in [0.1, 0.15) is 0 Å². The monoisotopic (exact) mass is 640 g/mol. The first-order valence-electron chi connectivity index (χ1n) is 13.5. The summed E-state index contributed by atoms with van der Waals surface area (Å²) >= 11 is 0. The number of phenolic OH excluding ortho intramolecular Hbond substituents is 3. The van der Waals surface area contributed by atoms with E-state index in [9.17, 15) is 55.9 Å². The van der Waals surface area contributed by atoms with Crippen molar-refractivity contribution >= 4 is 11.0 Å². The average molecular weight is 641 g/mol. The SMILES string of the molecule is COc1cc(-c2oc3cc(O)cc(O)c3c(=O)c2O[C@@H]2O[C@@H](CO)[C@H](O)[C@@H](O)[C@@H]2O[C@H]2O[C@H](CO)[C@H](O)[C@@H](O)[C@@H]2O)ccc1O. The smallest absolute Gasteiger partial charge is 0.239 e. The number of aliphatic hydroxyl groups excluding tert-OH is 7. The van der Waals surface area contributed by atoms with Gasteiger partial charge in [0.05, 0.1) is 20.3 Å². The summed E-state index contributed by atoms with van der Waals surface area (Å²) < 4.78 is 33.5. The molecule has 3 aromatic rings. The van der Waals surface area contributed by atoms with E-state index in [0.717, 1.165) is 12.1 Å². The van der Waals surface area contributed by atoms with Gasteiger partial charge < -0.3 is 79.2 Å². The lowest BCUT2D eigenvalue weighted by atomic mass is 9.97. The highest BCUT2D eigenvalue weighted by atomic mass is 16.8. The van der Waals surface area contributed by atoms with Crippen LogP contribution in [-0.4, -0.2) is 133 Å². The van der Waals surface area contributed by atoms with Crippen molar-refractivity contribution in [3.8, 4) is 40.1 Å². The molecule has 0 spiro atoms. The van der Waals surface area contributed by atoms with Crippen LogP contribution in [0, 0.1) is 0 Å². The second-order valence-corrected chi connectivity index (χ2v) is 10.4. The molecule has 1 aromatic heterocycles. The molecule has 3 heterocycles. The Kier molecular flexibility index (Phi) is 9.38. The summed E-state index contributed by atoms with van der Waals surface area (Å²) in [5.74, 6) is -2.49. The Morgan fingerprint density at radius 1 is 0.778 bits per heavy atom. The van der Waals surface area contributed by atoms with E-state index in [1.54, 1.807) is 0 Å². The van der Waals surface area contributed by atoms with E-state index >= 15 is 0 Å². The second-order valence-electron chi connectivity index (χ2n) is 10.4. The Labute approximate surface area is 252 Å². The molecule has 2 aliphatic rings. The predicted octanol–water partition coefficient (Wildman–Crippen LogP) is -2.41. The molecule has 0 radical (unpaired) electrons. The van der Waals surface area contributed by atoms with Crippen LogP contribution in [0.5, 0.6) is 28.7 Å². The van der Waals surface area contributed by atoms with Crippen molar-refractivity contribution in [1.29, 1.82) is 0 Å². The average Bonchev–Trinajstić information content (AvgIpc) is 3.01. The van der Waals surface area contributed by atoms with Gasteiger partial charge in [0.1, 0.15) is 65.2 Å². The van der Waals surface area contributed by atoms with E-state index in [2.05, 4.69) is 0 Å². The van der Waals surface area contributed by atoms with Crippen LogP contribution >= 0.6 is 0 Å². The van der Waals surface area contributed by atoms with Gasteiger partial charge in [-0.15, -0.1) is 0 Å². The molecule has 17 nitrogen and oxygen atoms in total. The topological polar surface area (TPSA) is 279 Å². The first-order valence-corrected chi connectivity index (χ1v) is 13.5. The lowest BCUT2D eigenvalue weighted by molar-refractivity contribution is -0.358. The summed E-state index contributed by atoms with van der Waals surface area (Å²) in [6.07, 6.45) is -17.9. The molecule has 246 valence electrons. The van der Waals surface area contributed by atoms with Crippen LogP contribution in [0.3, 0.4) is 0 Å². The number of benzene rings is 2. The molecule has 2 aromatic carbocycles. The first-order chi connectivity index (χ1) is 21.4. The fraction of sp³-hybridized carbons (Fsp3) is 0.464. The van der Waals surface area contributed by atoms with E-state index < -0.39 is 103 Å². The number of rotatable bonds is 8. The number of ether oxygens (including phenoxy) is 5. The summed E-state index contributed by atoms with van der Waals surface area (Å²) in [5.41, 5.74) is -1.23. The van der Waals surface area contributed by atoms with Crippen molar-refractivity contribution in [2.45, 2.75) is 61.4 Å². The highest BCUT2D eigenvalue weighted by Gasteiger charge is 2.51. The van der Waals surface area contributed by atoms with E-state index in [1.807, 2.05) is 0 Å². The Morgan fingerprint density at radius 2 is 1.42 bits per heavy atom. The molecule has 2 saturated heterocycles. The van der Waals surface area contributed by atoms with Gasteiger partial charge in [-0.3, -0.25) is 4.79 Å². The molecule has 2 aliphatic heterocycles. The molecule has 45 heavy (non-hydrogen) atoms. The van der Waals surface area contributed by atoms with Crippen molar-refractivity contribution in [3.63, 3.8) is 0 Å². The standard InChI is InChI=1S/C28H32O17/c1-40-13-4-9(2-3-11(13)32)24-25(20(36)17-12(33)5-10(31)6-14(17)41-24)44-28-26(22(38)19(35)16(8-30)43-28)45-27-23(39)21(37)18(34)15(7-29)42-27/h2-6,15-16,18-19,21-23,26-35,37-39H,7-8H2,1H3/t15-,16+,18+,19+,21-,22-,23+,26+,27-,28+/m1/s1. The van der Waals surface area contributed by atoms with E-state index in [1.165, 1.54) is 25.3 Å². The van der Waals surface area contributed by atoms with Crippen molar-refractivity contribution in [3.05, 3.63) is 40.6 Å². The maximum absolute atomic E-state index is 13.8. The van der Waals surface area contributed by atoms with Crippen LogP contribution in [-0.2, 0) is 14.2 Å². The summed E-state index contributed by atoms with van der Waals surface area (Å²) in [6.45, 7) is -1.65. The van der Waals surface area contributed by atoms with Crippen LogP contribution in [0.4, 0.5) is 0 Å². The first kappa shape index (κ1) is 32.6. The minimum atomic E-state index is -1.96. The lowest BCUT2D eigenvalue weighted by Gasteiger charge is -2.45. The largest absolute Gasteiger partial charge is 0.508 e. The second kappa shape index (κ2) is 12.9. The highest BCUT2D eigenvalue weighted by molar-refractivity contribution is 5.88. The summed E-state index contributed by atoms with van der Waals surface area (Å²) in [6, 6.07) is 5.72. The van der Waals surface area contributed by atoms with Crippen LogP contribution in [0.15, 0.2) is 39.5 Å². The van der Waals surface area contributed by atoms with E-state index in [0.29, 0.717) is 0 Å². The van der Waals surface area contributed by atoms with Gasteiger partial charge in [-0.2, -0.15) is 0 Å². The van der Waals surface area contributed by atoms with Gasteiger partial charge in [0.2, 0.25) is 17.5 Å². The normalized spacial score (nSPS) is 32.0. The molecule has 5 rings (SSSR count). The van der Waals surface area contributed by atoms with Crippen molar-refractivity contribution < 1.29 is 79.2 Å². The third-order valence-electron chi connectivity index (χ3n) is 7.56. The number of phenols is 3. The van der Waals surface area contributed by atoms with Gasteiger partial charge in [0.25, 0.3) is 0 Å². The third-order valence-corrected chi connectivity index (χ3v) is 7.56. The maximum atomic E-state index is 13.8. The highest BCUT2D eigenvalue weighted by Crippen LogP contribution is 2.40. The number of hydrogen-bond donors (Lipinski definition) is 10. The number of methoxy groups -OCH3 is 1. The van der Waals surface area contributed by atoms with Gasteiger partial charge in [-0.1, -0.05) is 0 Å². The fourth-order valence-corrected chi connectivity index (χ4v) is 5.13. The van der Waals surface area contributed by atoms with Crippen LogP contribution in [0.25, 0.3) is 22.3 Å². The van der Waals surface area contributed by atoms with E-state index in [-0.39, 0.29) is 28.4 Å². The van der Waals surface area contributed by atoms with Gasteiger partial charge in [0, 0.05) is 17.7 Å². The summed E-state index contributed by atoms with van der Waals surface area (Å²) in [7, 11) is 1.27. The Hall–Kier alpha value is -3.75. The Balaban J connectivity index is 1.62. The molecule has 2 fully saturated rings. The van der Waals surface area contributed by atoms with Crippen molar-refractivity contribution in [2.75, 3.05) is 20.3 Å². The number of aromatic hydroxyl groups is 3. The fourth-order valence-electron chi connectivity index (χ4n) is 5.13. The minimum absolute atomic E-state index is 0.0448. The van der Waals surface area contributed by atoms with Crippen LogP contribution in [0.2, 0.25) is 0 Å². The molecule has 0 unspecified atom stereocenters. The zero-order chi connectivity index (χ0) is 32.7. The zero-order valence-corrected chi connectivity index (χ0v) is 23.4. The number of aliphatic hydroxyl groups is 7. The Morgan fingerprint density at radius 3 is 2.07 bits per heavy atom. The van der Waals surface area contributed by atoms with Gasteiger partial charge >= 0.3 is 0 Å². The van der Waals surface area contributed by atoms with Crippen LogP contribution < -0.4 is 14.9 Å². The van der Waals surface area contributed by atoms with Gasteiger partial charge in [-0.25, -0.2) is 0 Å². The number of hydrogen-bond acceptors (Lipinski definition) is 17. The summed E-state index contributed by atoms with van der Waals surface area (Å²) in [4.78, 5) is 13.8. The Bertz CT molecular complexity index is 1570. The minimum Gasteiger partial charge on any atom is -0.508 e. The predicted molar refractivity (Wildman–Crippen MR) is 146 cm³/mol. The molecule has 0 aliphatic carbocycles. The molecular weight excluding hydrogens is 608 g/mol. The quantitative estimate of drug-likeness (QED) is 0.123. The number of fused-ring (bicyclic) bond motifs is 1. The summed E-state index contributed by atoms with van der Waals surface area (Å²) in [5, 5.41) is 102. The van der Waals surface area contributed by atoms with Gasteiger partial charge in [0.15, 0.2) is 29.7 Å². The molecular formula is C28H32O17. The molecule has 10 N–H and O–H groups in total. The van der Waals surface area contributed by atoms with Gasteiger partial charge in [-0.05, 0) is 18.2 Å². The molecule has 0 saturated carbocycles. The lowest BCUT2D eigenvalue weighted by Crippen LogP contribution is -2.65. The van der Waals surface area contributed by atoms with Crippen molar-refractivity contribution in [2.24, 2.45) is 0 Å². The van der Waals surface area contributed by atoms with Crippen molar-refractivity contribution in [1.82, 2.24) is 0 Å². The molecule has 0 amide bonds. The maximum Gasteiger partial charge on any atom is 0.239 e. The molecule has 10 atom stereocenters. The molecule has 17 heteroatoms. The zero-order valence-electron chi connectivity index (χ0n) is 23.4. The third kappa shape index (κ3) is 5.98.